The fraction of sp³-hybridized carbons (Fsp3) is 0.333. The number of anilines is 1. The summed E-state index contributed by atoms with van der Waals surface area (Å²) >= 11 is 0. The van der Waals surface area contributed by atoms with E-state index in [1.54, 1.807) is 49.6 Å². The van der Waals surface area contributed by atoms with Gasteiger partial charge in [0.1, 0.15) is 29.8 Å². The molecule has 0 aromatic heterocycles. The normalized spacial score (nSPS) is 13.9. The number of amides is 2. The highest BCUT2D eigenvalue weighted by Gasteiger charge is 2.36. The summed E-state index contributed by atoms with van der Waals surface area (Å²) in [5.41, 5.74) is 1.78. The summed E-state index contributed by atoms with van der Waals surface area (Å²) < 4.78 is 46.2. The van der Waals surface area contributed by atoms with Gasteiger partial charge in [-0.3, -0.25) is 13.9 Å². The summed E-state index contributed by atoms with van der Waals surface area (Å²) in [5, 5.41) is 3.23. The molecule has 4 aromatic rings. The van der Waals surface area contributed by atoms with Crippen molar-refractivity contribution in [3.63, 3.8) is 0 Å². The standard InChI is InChI=1S/C39H45N3O7S/c1-47-32-21-23-34(24-22-32)50(45,46)42(35-19-10-11-20-37(35)49-3)28-38(43)41(27-30-15-12-18-33(25-30)48-2)36(26-29-13-6-4-7-14-29)39(44)40-31-16-8-5-9-17-31/h4,6-7,10-15,18-25,31,36H,5,8-9,16-17,26-28H2,1-3H3,(H,40,44). The van der Waals surface area contributed by atoms with Gasteiger partial charge < -0.3 is 24.4 Å². The highest BCUT2D eigenvalue weighted by molar-refractivity contribution is 7.92. The number of hydrogen-bond donors (Lipinski definition) is 1. The molecule has 1 fully saturated rings. The van der Waals surface area contributed by atoms with Crippen LogP contribution in [0.15, 0.2) is 108 Å². The Morgan fingerprint density at radius 2 is 1.42 bits per heavy atom. The molecule has 50 heavy (non-hydrogen) atoms. The minimum Gasteiger partial charge on any atom is -0.497 e. The van der Waals surface area contributed by atoms with Gasteiger partial charge in [-0.05, 0) is 72.5 Å². The molecule has 2 amide bonds. The second kappa shape index (κ2) is 17.1. The van der Waals surface area contributed by atoms with Gasteiger partial charge in [-0.25, -0.2) is 8.42 Å². The quantitative estimate of drug-likeness (QED) is 0.162. The molecule has 0 saturated heterocycles. The smallest absolute Gasteiger partial charge is 0.264 e. The molecule has 1 aliphatic rings. The lowest BCUT2D eigenvalue weighted by molar-refractivity contribution is -0.140. The third-order valence-corrected chi connectivity index (χ3v) is 10.8. The SMILES string of the molecule is COc1ccc(S(=O)(=O)N(CC(=O)N(Cc2cccc(OC)c2)C(Cc2ccccc2)C(=O)NC2CCCCC2)c2ccccc2OC)cc1. The topological polar surface area (TPSA) is 114 Å². The second-order valence-electron chi connectivity index (χ2n) is 12.3. The van der Waals surface area contributed by atoms with Crippen LogP contribution in [0.25, 0.3) is 0 Å². The van der Waals surface area contributed by atoms with Crippen molar-refractivity contribution in [2.75, 3.05) is 32.2 Å². The number of ether oxygens (including phenoxy) is 3. The molecule has 264 valence electrons. The maximum Gasteiger partial charge on any atom is 0.264 e. The summed E-state index contributed by atoms with van der Waals surface area (Å²) in [4.78, 5) is 30.6. The predicted molar refractivity (Wildman–Crippen MR) is 193 cm³/mol. The van der Waals surface area contributed by atoms with Crippen LogP contribution in [0.5, 0.6) is 17.2 Å². The predicted octanol–water partition coefficient (Wildman–Crippen LogP) is 6.00. The van der Waals surface area contributed by atoms with Crippen LogP contribution in [0.3, 0.4) is 0 Å². The largest absolute Gasteiger partial charge is 0.497 e. The van der Waals surface area contributed by atoms with Gasteiger partial charge in [0.15, 0.2) is 0 Å². The van der Waals surface area contributed by atoms with Gasteiger partial charge in [0.2, 0.25) is 11.8 Å². The van der Waals surface area contributed by atoms with Gasteiger partial charge in [-0.1, -0.05) is 73.9 Å². The first kappa shape index (κ1) is 36.3. The summed E-state index contributed by atoms with van der Waals surface area (Å²) in [6, 6.07) is 28.5. The Hall–Kier alpha value is -5.03. The molecule has 10 nitrogen and oxygen atoms in total. The molecule has 1 atom stereocenters. The Balaban J connectivity index is 1.59. The lowest BCUT2D eigenvalue weighted by Crippen LogP contribution is -2.55. The zero-order valence-electron chi connectivity index (χ0n) is 28.8. The molecule has 4 aromatic carbocycles. The Bertz CT molecular complexity index is 1830. The van der Waals surface area contributed by atoms with E-state index in [9.17, 15) is 18.0 Å². The summed E-state index contributed by atoms with van der Waals surface area (Å²) in [7, 11) is 0.181. The van der Waals surface area contributed by atoms with E-state index in [0.717, 1.165) is 47.5 Å². The lowest BCUT2D eigenvalue weighted by Gasteiger charge is -2.35. The third kappa shape index (κ3) is 8.95. The van der Waals surface area contributed by atoms with E-state index in [1.165, 1.54) is 31.3 Å². The summed E-state index contributed by atoms with van der Waals surface area (Å²) in [6.07, 6.45) is 5.15. The van der Waals surface area contributed by atoms with Gasteiger partial charge in [-0.15, -0.1) is 0 Å². The van der Waals surface area contributed by atoms with Crippen molar-refractivity contribution in [3.8, 4) is 17.2 Å². The molecule has 5 rings (SSSR count). The Morgan fingerprint density at radius 1 is 0.760 bits per heavy atom. The monoisotopic (exact) mass is 699 g/mol. The van der Waals surface area contributed by atoms with Crippen molar-refractivity contribution < 1.29 is 32.2 Å². The van der Waals surface area contributed by atoms with E-state index in [0.29, 0.717) is 11.5 Å². The molecular formula is C39H45N3O7S. The van der Waals surface area contributed by atoms with Crippen LogP contribution in [-0.4, -0.2) is 65.1 Å². The Kier molecular flexibility index (Phi) is 12.4. The highest BCUT2D eigenvalue weighted by atomic mass is 32.2. The van der Waals surface area contributed by atoms with Crippen LogP contribution in [-0.2, 0) is 32.6 Å². The van der Waals surface area contributed by atoms with Crippen molar-refractivity contribution in [3.05, 3.63) is 114 Å². The molecule has 0 radical (unpaired) electrons. The molecule has 0 bridgehead atoms. The van der Waals surface area contributed by atoms with Gasteiger partial charge in [0.25, 0.3) is 10.0 Å². The number of para-hydroxylation sites is 2. The van der Waals surface area contributed by atoms with Crippen LogP contribution in [0, 0.1) is 0 Å². The van der Waals surface area contributed by atoms with Crippen molar-refractivity contribution in [1.29, 1.82) is 0 Å². The number of carbonyl (C=O) groups excluding carboxylic acids is 2. The fourth-order valence-corrected chi connectivity index (χ4v) is 7.71. The van der Waals surface area contributed by atoms with Crippen molar-refractivity contribution in [1.82, 2.24) is 10.2 Å². The maximum absolute atomic E-state index is 14.8. The minimum atomic E-state index is -4.32. The van der Waals surface area contributed by atoms with Gasteiger partial charge in [-0.2, -0.15) is 0 Å². The number of nitrogens with zero attached hydrogens (tertiary/aromatic N) is 2. The van der Waals surface area contributed by atoms with E-state index >= 15 is 0 Å². The van der Waals surface area contributed by atoms with Crippen LogP contribution in [0.2, 0.25) is 0 Å². The van der Waals surface area contributed by atoms with E-state index in [-0.39, 0.29) is 41.2 Å². The van der Waals surface area contributed by atoms with Crippen LogP contribution in [0.4, 0.5) is 5.69 Å². The summed E-state index contributed by atoms with van der Waals surface area (Å²) in [5.74, 6) is 0.516. The number of rotatable bonds is 15. The third-order valence-electron chi connectivity index (χ3n) is 8.99. The van der Waals surface area contributed by atoms with Crippen LogP contribution >= 0.6 is 0 Å². The summed E-state index contributed by atoms with van der Waals surface area (Å²) in [6.45, 7) is -0.561. The van der Waals surface area contributed by atoms with Crippen molar-refractivity contribution in [2.24, 2.45) is 0 Å². The van der Waals surface area contributed by atoms with Crippen molar-refractivity contribution in [2.45, 2.75) is 62.0 Å². The highest BCUT2D eigenvalue weighted by Crippen LogP contribution is 2.33. The number of hydrogen-bond acceptors (Lipinski definition) is 7. The molecule has 1 saturated carbocycles. The van der Waals surface area contributed by atoms with E-state index in [4.69, 9.17) is 14.2 Å². The van der Waals surface area contributed by atoms with E-state index in [2.05, 4.69) is 5.32 Å². The first-order valence-electron chi connectivity index (χ1n) is 16.8. The molecule has 1 N–H and O–H groups in total. The van der Waals surface area contributed by atoms with Gasteiger partial charge in [0, 0.05) is 19.0 Å². The zero-order chi connectivity index (χ0) is 35.5. The van der Waals surface area contributed by atoms with Crippen molar-refractivity contribution >= 4 is 27.5 Å². The van der Waals surface area contributed by atoms with Gasteiger partial charge in [0.05, 0.1) is 31.9 Å². The molecule has 1 unspecified atom stereocenters. The average molecular weight is 700 g/mol. The molecule has 0 spiro atoms. The first-order valence-corrected chi connectivity index (χ1v) is 18.2. The number of sulfonamides is 1. The first-order chi connectivity index (χ1) is 24.2. The molecule has 11 heteroatoms. The van der Waals surface area contributed by atoms with E-state index in [1.807, 2.05) is 48.5 Å². The molecule has 0 heterocycles. The Labute approximate surface area is 295 Å². The molecule has 0 aliphatic heterocycles. The number of carbonyl (C=O) groups is 2. The number of methoxy groups -OCH3 is 3. The molecular weight excluding hydrogens is 655 g/mol. The van der Waals surface area contributed by atoms with Crippen LogP contribution < -0.4 is 23.8 Å². The number of benzene rings is 4. The van der Waals surface area contributed by atoms with E-state index < -0.39 is 28.5 Å². The maximum atomic E-state index is 14.8. The Morgan fingerprint density at radius 3 is 2.10 bits per heavy atom. The molecule has 1 aliphatic carbocycles. The average Bonchev–Trinajstić information content (AvgIpc) is 3.16. The lowest BCUT2D eigenvalue weighted by atomic mass is 9.94. The fourth-order valence-electron chi connectivity index (χ4n) is 6.29. The van der Waals surface area contributed by atoms with Gasteiger partial charge >= 0.3 is 0 Å². The minimum absolute atomic E-state index is 0.00354. The zero-order valence-corrected chi connectivity index (χ0v) is 29.6. The second-order valence-corrected chi connectivity index (χ2v) is 14.1. The number of nitrogens with one attached hydrogen (secondary N) is 1. The van der Waals surface area contributed by atoms with Crippen LogP contribution in [0.1, 0.15) is 43.2 Å².